The average molecular weight is 358 g/mol. The quantitative estimate of drug-likeness (QED) is 0.749. The van der Waals surface area contributed by atoms with E-state index >= 15 is 0 Å². The number of nitrogens with one attached hydrogen (secondary N) is 1. The zero-order valence-corrected chi connectivity index (χ0v) is 14.6. The van der Waals surface area contributed by atoms with Gasteiger partial charge in [-0.1, -0.05) is 12.1 Å². The van der Waals surface area contributed by atoms with E-state index in [1.54, 1.807) is 18.2 Å². The molecule has 0 aliphatic carbocycles. The number of H-pyrrole nitrogens is 1. The normalized spacial score (nSPS) is 15.6. The Morgan fingerprint density at radius 2 is 2.08 bits per heavy atom. The van der Waals surface area contributed by atoms with Crippen LogP contribution in [0.4, 0.5) is 0 Å². The average Bonchev–Trinajstić information content (AvgIpc) is 2.61. The van der Waals surface area contributed by atoms with Gasteiger partial charge < -0.3 is 9.84 Å². The number of aromatic hydroxyl groups is 1. The Hall–Kier alpha value is -2.71. The molecule has 0 amide bonds. The minimum Gasteiger partial charge on any atom is -0.493 e. The Bertz CT molecular complexity index is 910. The summed E-state index contributed by atoms with van der Waals surface area (Å²) in [5.74, 6) is -0.417. The minimum absolute atomic E-state index is 0.0342. The van der Waals surface area contributed by atoms with E-state index in [0.29, 0.717) is 25.4 Å². The molecule has 0 atom stereocenters. The van der Waals surface area contributed by atoms with Crippen molar-refractivity contribution in [1.29, 1.82) is 0 Å². The van der Waals surface area contributed by atoms with E-state index in [1.807, 2.05) is 13.0 Å². The van der Waals surface area contributed by atoms with Crippen molar-refractivity contribution in [3.63, 3.8) is 0 Å². The Morgan fingerprint density at radius 1 is 1.31 bits per heavy atom. The molecule has 3 rings (SSSR count). The zero-order chi connectivity index (χ0) is 18.5. The molecule has 2 heterocycles. The van der Waals surface area contributed by atoms with Gasteiger partial charge in [-0.3, -0.25) is 19.7 Å². The fraction of sp³-hybridized carbons (Fsp3) is 0.389. The number of aliphatic imine (C=N–C) groups is 1. The summed E-state index contributed by atoms with van der Waals surface area (Å²) in [4.78, 5) is 32.9. The lowest BCUT2D eigenvalue weighted by Gasteiger charge is -2.25. The van der Waals surface area contributed by atoms with Gasteiger partial charge in [0.05, 0.1) is 25.4 Å². The van der Waals surface area contributed by atoms with Crippen LogP contribution in [0, 0.1) is 6.92 Å². The molecule has 1 saturated heterocycles. The van der Waals surface area contributed by atoms with Gasteiger partial charge in [0.1, 0.15) is 5.56 Å². The van der Waals surface area contributed by atoms with E-state index in [0.717, 1.165) is 29.8 Å². The second-order valence-electron chi connectivity index (χ2n) is 6.16. The van der Waals surface area contributed by atoms with Crippen LogP contribution in [0.15, 0.2) is 38.8 Å². The van der Waals surface area contributed by atoms with Gasteiger partial charge in [-0.05, 0) is 24.6 Å². The van der Waals surface area contributed by atoms with Crippen LogP contribution in [-0.2, 0) is 4.74 Å². The number of morpholine rings is 1. The first-order chi connectivity index (χ1) is 12.6. The number of benzene rings is 1. The standard InChI is InChI=1S/C18H22N4O4/c1-13-3-2-4-14(11-13)22-17(24)15(16(23)20-18(22)25)12-19-5-6-21-7-9-26-10-8-21/h2-4,11-12,24H,5-10H2,1H3,(H,20,23,25). The highest BCUT2D eigenvalue weighted by Gasteiger charge is 2.14. The first-order valence-electron chi connectivity index (χ1n) is 8.51. The van der Waals surface area contributed by atoms with Gasteiger partial charge in [-0.25, -0.2) is 9.36 Å². The molecule has 2 aromatic rings. The van der Waals surface area contributed by atoms with Crippen molar-refractivity contribution in [3.05, 3.63) is 56.2 Å². The SMILES string of the molecule is Cc1cccc(-n2c(O)c(C=NCCN3CCOCC3)c(=O)[nH]c2=O)c1. The van der Waals surface area contributed by atoms with Crippen molar-refractivity contribution < 1.29 is 9.84 Å². The number of ether oxygens (including phenoxy) is 1. The van der Waals surface area contributed by atoms with Gasteiger partial charge in [0, 0.05) is 25.8 Å². The monoisotopic (exact) mass is 358 g/mol. The van der Waals surface area contributed by atoms with Crippen molar-refractivity contribution >= 4 is 6.21 Å². The lowest BCUT2D eigenvalue weighted by atomic mass is 10.2. The van der Waals surface area contributed by atoms with Crippen LogP contribution in [0.3, 0.4) is 0 Å². The molecule has 2 N–H and O–H groups in total. The van der Waals surface area contributed by atoms with E-state index < -0.39 is 17.1 Å². The number of aromatic amines is 1. The summed E-state index contributed by atoms with van der Waals surface area (Å²) in [7, 11) is 0. The smallest absolute Gasteiger partial charge is 0.335 e. The van der Waals surface area contributed by atoms with Crippen molar-refractivity contribution in [2.24, 2.45) is 4.99 Å². The van der Waals surface area contributed by atoms with Gasteiger partial charge in [-0.15, -0.1) is 0 Å². The maximum Gasteiger partial charge on any atom is 0.335 e. The van der Waals surface area contributed by atoms with Crippen LogP contribution in [0.5, 0.6) is 5.88 Å². The molecule has 8 heteroatoms. The highest BCUT2D eigenvalue weighted by molar-refractivity contribution is 5.82. The van der Waals surface area contributed by atoms with E-state index in [4.69, 9.17) is 4.74 Å². The number of rotatable bonds is 5. The molecule has 0 spiro atoms. The molecular weight excluding hydrogens is 336 g/mol. The molecule has 1 aromatic carbocycles. The van der Waals surface area contributed by atoms with Crippen molar-refractivity contribution in [2.75, 3.05) is 39.4 Å². The molecule has 26 heavy (non-hydrogen) atoms. The van der Waals surface area contributed by atoms with Crippen LogP contribution in [0.1, 0.15) is 11.1 Å². The first-order valence-corrected chi connectivity index (χ1v) is 8.51. The van der Waals surface area contributed by atoms with Gasteiger partial charge in [-0.2, -0.15) is 0 Å². The van der Waals surface area contributed by atoms with E-state index in [1.165, 1.54) is 6.21 Å². The lowest BCUT2D eigenvalue weighted by Crippen LogP contribution is -2.37. The van der Waals surface area contributed by atoms with Crippen LogP contribution >= 0.6 is 0 Å². The molecule has 0 saturated carbocycles. The summed E-state index contributed by atoms with van der Waals surface area (Å²) < 4.78 is 6.36. The molecule has 1 aromatic heterocycles. The minimum atomic E-state index is -0.691. The van der Waals surface area contributed by atoms with Gasteiger partial charge in [0.2, 0.25) is 5.88 Å². The number of hydrogen-bond donors (Lipinski definition) is 2. The molecule has 0 radical (unpaired) electrons. The summed E-state index contributed by atoms with van der Waals surface area (Å²) in [6, 6.07) is 7.09. The van der Waals surface area contributed by atoms with Crippen LogP contribution in [-0.4, -0.2) is 65.2 Å². The molecule has 1 aliphatic rings. The fourth-order valence-electron chi connectivity index (χ4n) is 2.84. The van der Waals surface area contributed by atoms with Crippen molar-refractivity contribution in [1.82, 2.24) is 14.5 Å². The Morgan fingerprint density at radius 3 is 2.81 bits per heavy atom. The van der Waals surface area contributed by atoms with Crippen LogP contribution in [0.2, 0.25) is 0 Å². The Balaban J connectivity index is 1.83. The third-order valence-corrected chi connectivity index (χ3v) is 4.25. The molecule has 0 unspecified atom stereocenters. The molecule has 0 bridgehead atoms. The summed E-state index contributed by atoms with van der Waals surface area (Å²) in [6.07, 6.45) is 1.32. The summed E-state index contributed by atoms with van der Waals surface area (Å²) in [6.45, 7) is 6.26. The van der Waals surface area contributed by atoms with Gasteiger partial charge in [0.25, 0.3) is 5.56 Å². The summed E-state index contributed by atoms with van der Waals surface area (Å²) in [5, 5.41) is 10.5. The fourth-order valence-corrected chi connectivity index (χ4v) is 2.84. The van der Waals surface area contributed by atoms with Crippen molar-refractivity contribution in [3.8, 4) is 11.6 Å². The van der Waals surface area contributed by atoms with Gasteiger partial charge >= 0.3 is 5.69 Å². The largest absolute Gasteiger partial charge is 0.493 e. The van der Waals surface area contributed by atoms with E-state index in [9.17, 15) is 14.7 Å². The topological polar surface area (TPSA) is 99.9 Å². The first kappa shape index (κ1) is 18.1. The number of hydrogen-bond acceptors (Lipinski definition) is 6. The summed E-state index contributed by atoms with van der Waals surface area (Å²) >= 11 is 0. The van der Waals surface area contributed by atoms with E-state index in [2.05, 4.69) is 14.9 Å². The highest BCUT2D eigenvalue weighted by Crippen LogP contribution is 2.16. The molecular formula is C18H22N4O4. The molecule has 8 nitrogen and oxygen atoms in total. The highest BCUT2D eigenvalue weighted by atomic mass is 16.5. The molecule has 138 valence electrons. The van der Waals surface area contributed by atoms with Crippen LogP contribution < -0.4 is 11.2 Å². The predicted octanol–water partition coefficient (Wildman–Crippen LogP) is 0.291. The second-order valence-corrected chi connectivity index (χ2v) is 6.16. The second kappa shape index (κ2) is 8.11. The maximum absolute atomic E-state index is 12.1. The Kier molecular flexibility index (Phi) is 5.65. The number of nitrogens with zero attached hydrogens (tertiary/aromatic N) is 3. The Labute approximate surface area is 150 Å². The predicted molar refractivity (Wildman–Crippen MR) is 98.8 cm³/mol. The maximum atomic E-state index is 12.1. The third-order valence-electron chi connectivity index (χ3n) is 4.25. The van der Waals surface area contributed by atoms with Gasteiger partial charge in [0.15, 0.2) is 0 Å². The zero-order valence-electron chi connectivity index (χ0n) is 14.6. The van der Waals surface area contributed by atoms with E-state index in [-0.39, 0.29) is 5.56 Å². The molecule has 1 fully saturated rings. The summed E-state index contributed by atoms with van der Waals surface area (Å²) in [5.41, 5.74) is 0.0237. The lowest BCUT2D eigenvalue weighted by molar-refractivity contribution is 0.0395. The molecule has 1 aliphatic heterocycles. The number of aryl methyl sites for hydroxylation is 1. The van der Waals surface area contributed by atoms with Crippen molar-refractivity contribution in [2.45, 2.75) is 6.92 Å². The van der Waals surface area contributed by atoms with Crippen LogP contribution in [0.25, 0.3) is 5.69 Å². The third kappa shape index (κ3) is 4.09. The number of aromatic nitrogens is 2.